The molecule has 3 nitrogen and oxygen atoms in total. The Bertz CT molecular complexity index is 471. The van der Waals surface area contributed by atoms with Gasteiger partial charge >= 0.3 is 0 Å². The Hall–Kier alpha value is -1.06. The quantitative estimate of drug-likeness (QED) is 0.869. The lowest BCUT2D eigenvalue weighted by Crippen LogP contribution is -2.32. The number of ether oxygens (including phenoxy) is 2. The third kappa shape index (κ3) is 4.45. The molecular formula is C18H29NO2. The van der Waals surface area contributed by atoms with Crippen LogP contribution in [0.25, 0.3) is 0 Å². The molecule has 1 heterocycles. The first-order chi connectivity index (χ1) is 9.97. The predicted octanol–water partition coefficient (Wildman–Crippen LogP) is 3.54. The average molecular weight is 291 g/mol. The van der Waals surface area contributed by atoms with E-state index in [0.717, 1.165) is 25.1 Å². The fourth-order valence-corrected chi connectivity index (χ4v) is 2.74. The zero-order valence-electron chi connectivity index (χ0n) is 14.0. The van der Waals surface area contributed by atoms with E-state index < -0.39 is 0 Å². The van der Waals surface area contributed by atoms with Crippen LogP contribution in [0.4, 0.5) is 0 Å². The highest BCUT2D eigenvalue weighted by Crippen LogP contribution is 2.27. The molecule has 0 amide bonds. The van der Waals surface area contributed by atoms with Gasteiger partial charge in [-0.25, -0.2) is 0 Å². The predicted molar refractivity (Wildman–Crippen MR) is 87.2 cm³/mol. The molecular weight excluding hydrogens is 262 g/mol. The SMILES string of the molecule is Cc1ccc(C)c(OCC2CCC(CNC(C)C)O2)c1C. The van der Waals surface area contributed by atoms with Crippen molar-refractivity contribution in [3.05, 3.63) is 28.8 Å². The largest absolute Gasteiger partial charge is 0.490 e. The molecule has 3 heteroatoms. The van der Waals surface area contributed by atoms with Gasteiger partial charge in [-0.05, 0) is 50.3 Å². The maximum Gasteiger partial charge on any atom is 0.125 e. The first-order valence-electron chi connectivity index (χ1n) is 8.05. The van der Waals surface area contributed by atoms with Gasteiger partial charge < -0.3 is 14.8 Å². The molecule has 0 aromatic heterocycles. The summed E-state index contributed by atoms with van der Waals surface area (Å²) in [6.07, 6.45) is 2.78. The van der Waals surface area contributed by atoms with Crippen LogP contribution in [-0.2, 0) is 4.74 Å². The summed E-state index contributed by atoms with van der Waals surface area (Å²) < 4.78 is 12.1. The Morgan fingerprint density at radius 3 is 2.52 bits per heavy atom. The molecule has 21 heavy (non-hydrogen) atoms. The van der Waals surface area contributed by atoms with Crippen molar-refractivity contribution in [2.75, 3.05) is 13.2 Å². The molecule has 118 valence electrons. The van der Waals surface area contributed by atoms with E-state index in [9.17, 15) is 0 Å². The van der Waals surface area contributed by atoms with Crippen LogP contribution in [0.15, 0.2) is 12.1 Å². The number of nitrogens with one attached hydrogen (secondary N) is 1. The highest BCUT2D eigenvalue weighted by molar-refractivity contribution is 5.44. The van der Waals surface area contributed by atoms with Gasteiger partial charge in [0.1, 0.15) is 12.4 Å². The molecule has 2 atom stereocenters. The Labute approximate surface area is 129 Å². The minimum Gasteiger partial charge on any atom is -0.490 e. The smallest absolute Gasteiger partial charge is 0.125 e. The second-order valence-electron chi connectivity index (χ2n) is 6.48. The van der Waals surface area contributed by atoms with Gasteiger partial charge in [0.15, 0.2) is 0 Å². The van der Waals surface area contributed by atoms with Crippen LogP contribution in [0, 0.1) is 20.8 Å². The number of rotatable bonds is 6. The van der Waals surface area contributed by atoms with Crippen molar-refractivity contribution in [3.63, 3.8) is 0 Å². The minimum absolute atomic E-state index is 0.225. The van der Waals surface area contributed by atoms with Gasteiger partial charge in [0.25, 0.3) is 0 Å². The topological polar surface area (TPSA) is 30.5 Å². The summed E-state index contributed by atoms with van der Waals surface area (Å²) in [5.74, 6) is 1.03. The first-order valence-corrected chi connectivity index (χ1v) is 8.05. The van der Waals surface area contributed by atoms with Crippen molar-refractivity contribution in [3.8, 4) is 5.75 Å². The van der Waals surface area contributed by atoms with Crippen LogP contribution < -0.4 is 10.1 Å². The second-order valence-corrected chi connectivity index (χ2v) is 6.48. The molecule has 1 fully saturated rings. The van der Waals surface area contributed by atoms with E-state index in [0.29, 0.717) is 18.8 Å². The molecule has 2 rings (SSSR count). The van der Waals surface area contributed by atoms with Gasteiger partial charge in [-0.15, -0.1) is 0 Å². The minimum atomic E-state index is 0.225. The van der Waals surface area contributed by atoms with Crippen LogP contribution in [0.1, 0.15) is 43.4 Å². The van der Waals surface area contributed by atoms with Crippen molar-refractivity contribution in [1.82, 2.24) is 5.32 Å². The van der Waals surface area contributed by atoms with Crippen LogP contribution in [-0.4, -0.2) is 31.4 Å². The highest BCUT2D eigenvalue weighted by Gasteiger charge is 2.26. The van der Waals surface area contributed by atoms with Crippen LogP contribution in [0.2, 0.25) is 0 Å². The third-order valence-electron chi connectivity index (χ3n) is 4.24. The van der Waals surface area contributed by atoms with E-state index in [-0.39, 0.29) is 6.10 Å². The molecule has 0 aliphatic carbocycles. The molecule has 0 radical (unpaired) electrons. The maximum atomic E-state index is 6.06. The van der Waals surface area contributed by atoms with E-state index >= 15 is 0 Å². The van der Waals surface area contributed by atoms with E-state index in [1.165, 1.54) is 16.7 Å². The number of benzene rings is 1. The van der Waals surface area contributed by atoms with Gasteiger partial charge in [0, 0.05) is 12.6 Å². The second kappa shape index (κ2) is 7.28. The van der Waals surface area contributed by atoms with Gasteiger partial charge in [-0.1, -0.05) is 26.0 Å². The number of hydrogen-bond donors (Lipinski definition) is 1. The van der Waals surface area contributed by atoms with E-state index in [4.69, 9.17) is 9.47 Å². The Morgan fingerprint density at radius 2 is 1.81 bits per heavy atom. The van der Waals surface area contributed by atoms with E-state index in [1.807, 2.05) is 0 Å². The van der Waals surface area contributed by atoms with Gasteiger partial charge in [0.05, 0.1) is 12.2 Å². The zero-order chi connectivity index (χ0) is 15.4. The van der Waals surface area contributed by atoms with Crippen LogP contribution >= 0.6 is 0 Å². The van der Waals surface area contributed by atoms with Crippen LogP contribution in [0.3, 0.4) is 0 Å². The molecule has 0 spiro atoms. The highest BCUT2D eigenvalue weighted by atomic mass is 16.5. The molecule has 1 N–H and O–H groups in total. The van der Waals surface area contributed by atoms with E-state index in [1.54, 1.807) is 0 Å². The monoisotopic (exact) mass is 291 g/mol. The molecule has 2 unspecified atom stereocenters. The van der Waals surface area contributed by atoms with Crippen molar-refractivity contribution < 1.29 is 9.47 Å². The fourth-order valence-electron chi connectivity index (χ4n) is 2.74. The van der Waals surface area contributed by atoms with Crippen LogP contribution in [0.5, 0.6) is 5.75 Å². The third-order valence-corrected chi connectivity index (χ3v) is 4.24. The lowest BCUT2D eigenvalue weighted by Gasteiger charge is -2.18. The number of aryl methyl sites for hydroxylation is 2. The lowest BCUT2D eigenvalue weighted by atomic mass is 10.1. The standard InChI is InChI=1S/C18H29NO2/c1-12(2)19-10-16-8-9-17(21-16)11-20-18-14(4)7-6-13(3)15(18)5/h6-7,12,16-17,19H,8-11H2,1-5H3. The molecule has 1 saturated heterocycles. The molecule has 1 aliphatic rings. The maximum absolute atomic E-state index is 6.06. The molecule has 0 saturated carbocycles. The summed E-state index contributed by atoms with van der Waals surface area (Å²) >= 11 is 0. The first kappa shape index (κ1) is 16.3. The zero-order valence-corrected chi connectivity index (χ0v) is 14.0. The number of hydrogen-bond acceptors (Lipinski definition) is 3. The average Bonchev–Trinajstić information content (AvgIpc) is 2.89. The Morgan fingerprint density at radius 1 is 1.14 bits per heavy atom. The molecule has 1 aliphatic heterocycles. The summed E-state index contributed by atoms with van der Waals surface area (Å²) in [5.41, 5.74) is 3.72. The summed E-state index contributed by atoms with van der Waals surface area (Å²) in [6.45, 7) is 12.3. The van der Waals surface area contributed by atoms with Gasteiger partial charge in [0.2, 0.25) is 0 Å². The van der Waals surface area contributed by atoms with Crippen molar-refractivity contribution >= 4 is 0 Å². The molecule has 1 aromatic carbocycles. The van der Waals surface area contributed by atoms with Gasteiger partial charge in [-0.3, -0.25) is 0 Å². The molecule has 1 aromatic rings. The van der Waals surface area contributed by atoms with Crippen molar-refractivity contribution in [2.45, 2.75) is 65.7 Å². The molecule has 0 bridgehead atoms. The summed E-state index contributed by atoms with van der Waals surface area (Å²) in [6, 6.07) is 4.79. The summed E-state index contributed by atoms with van der Waals surface area (Å²) in [4.78, 5) is 0. The summed E-state index contributed by atoms with van der Waals surface area (Å²) in [5, 5.41) is 3.44. The van der Waals surface area contributed by atoms with Gasteiger partial charge in [-0.2, -0.15) is 0 Å². The fraction of sp³-hybridized carbons (Fsp3) is 0.667. The summed E-state index contributed by atoms with van der Waals surface area (Å²) in [7, 11) is 0. The normalized spacial score (nSPS) is 22.0. The van der Waals surface area contributed by atoms with Crippen molar-refractivity contribution in [1.29, 1.82) is 0 Å². The Balaban J connectivity index is 1.83. The lowest BCUT2D eigenvalue weighted by molar-refractivity contribution is 0.0176. The van der Waals surface area contributed by atoms with Crippen molar-refractivity contribution in [2.24, 2.45) is 0 Å². The van der Waals surface area contributed by atoms with E-state index in [2.05, 4.69) is 52.1 Å². The Kier molecular flexibility index (Phi) is 5.65.